The Bertz CT molecular complexity index is 2190. The Labute approximate surface area is 723 Å². The Balaban J connectivity index is 0. The molecule has 111 heavy (non-hydrogen) atoms. The van der Waals surface area contributed by atoms with Crippen LogP contribution in [0.2, 0.25) is 0 Å². The third kappa shape index (κ3) is 77.0. The molecule has 7 atom stereocenters. The van der Waals surface area contributed by atoms with E-state index in [0.29, 0.717) is 12.8 Å². The van der Waals surface area contributed by atoms with Crippen LogP contribution in [0.5, 0.6) is 0 Å². The van der Waals surface area contributed by atoms with E-state index in [2.05, 4.69) is 34.6 Å². The molecule has 2 aliphatic rings. The van der Waals surface area contributed by atoms with Crippen molar-refractivity contribution in [1.29, 1.82) is 0 Å². The van der Waals surface area contributed by atoms with Crippen molar-refractivity contribution >= 4 is 39.5 Å². The molecule has 2 heterocycles. The second-order valence-corrected chi connectivity index (χ2v) is 34.6. The van der Waals surface area contributed by atoms with Gasteiger partial charge in [0.2, 0.25) is 0 Å². The van der Waals surface area contributed by atoms with Crippen molar-refractivity contribution in [3.8, 4) is 0 Å². The summed E-state index contributed by atoms with van der Waals surface area (Å²) in [5.74, 6) is -2.54. The van der Waals surface area contributed by atoms with E-state index in [9.17, 15) is 38.1 Å². The number of carbonyl (C=O) groups is 4. The van der Waals surface area contributed by atoms with Crippen LogP contribution >= 0.6 is 15.6 Å². The van der Waals surface area contributed by atoms with Gasteiger partial charge in [0.25, 0.3) is 15.6 Å². The Morgan fingerprint density at radius 2 is 0.595 bits per heavy atom. The maximum absolute atomic E-state index is 12.8. The molecule has 5 unspecified atom stereocenters. The van der Waals surface area contributed by atoms with Gasteiger partial charge < -0.3 is 65.8 Å². The van der Waals surface area contributed by atoms with Gasteiger partial charge in [0.05, 0.1) is 39.6 Å². The van der Waals surface area contributed by atoms with E-state index in [1.54, 1.807) is 13.8 Å². The molecule has 646 valence electrons. The van der Waals surface area contributed by atoms with Crippen LogP contribution in [0.15, 0.2) is 0 Å². The van der Waals surface area contributed by atoms with Gasteiger partial charge in [-0.3, -0.25) is 28.3 Å². The Hall–Kier alpha value is -0.0600. The summed E-state index contributed by atoms with van der Waals surface area (Å²) in [5.41, 5.74) is 0. The summed E-state index contributed by atoms with van der Waals surface area (Å²) in [7, 11) is -9.51. The zero-order valence-electron chi connectivity index (χ0n) is 72.9. The van der Waals surface area contributed by atoms with Gasteiger partial charge in [0, 0.05) is 25.7 Å². The van der Waals surface area contributed by atoms with Crippen molar-refractivity contribution in [2.75, 3.05) is 52.9 Å². The molecule has 2 rings (SSSR count). The summed E-state index contributed by atoms with van der Waals surface area (Å²) in [4.78, 5) is 75.6. The number of carbonyl (C=O) groups excluding carboxylic acids is 4. The summed E-state index contributed by atoms with van der Waals surface area (Å²) < 4.78 is 90.1. The van der Waals surface area contributed by atoms with Gasteiger partial charge in [-0.15, -0.1) is 0 Å². The number of phosphoric acid groups is 2. The smallest absolute Gasteiger partial charge is 0.756 e. The SMILES string of the molecule is CCCCCCCCCCCCCC(=O)OC[C@H](COP(=O)([O-])OCC1COC(C)(C)O1)OC(=O)CCCCCCCCCCCCC.CCCCCCCCCCCCCCCC1OCC(COP(=O)([O-])OC[C@@H](COC(=O)CCCCCCCCCCCCC)OC(=O)CCCCCCCCCCCCC)O1.[Na+].[Na+]. The molecule has 0 aromatic carbocycles. The molecule has 0 spiro atoms. The first kappa shape index (κ1) is 113. The first-order chi connectivity index (χ1) is 52.9. The van der Waals surface area contributed by atoms with Gasteiger partial charge in [-0.2, -0.15) is 0 Å². The Kier molecular flexibility index (Phi) is 82.4. The molecule has 20 nitrogen and oxygen atoms in total. The van der Waals surface area contributed by atoms with E-state index in [1.165, 1.54) is 263 Å². The van der Waals surface area contributed by atoms with Crippen LogP contribution in [0.1, 0.15) is 447 Å². The minimum atomic E-state index is -4.77. The van der Waals surface area contributed by atoms with Gasteiger partial charge in [0.15, 0.2) is 24.3 Å². The predicted molar refractivity (Wildman–Crippen MR) is 435 cm³/mol. The fourth-order valence-electron chi connectivity index (χ4n) is 13.7. The fraction of sp³-hybridized carbons (Fsp3) is 0.954. The van der Waals surface area contributed by atoms with Crippen LogP contribution in [0.25, 0.3) is 0 Å². The predicted octanol–water partition coefficient (Wildman–Crippen LogP) is 18.1. The normalized spacial score (nSPS) is 16.9. The van der Waals surface area contributed by atoms with Crippen LogP contribution in [0.4, 0.5) is 0 Å². The molecular formula is C87H166Na2O20P2. The maximum Gasteiger partial charge on any atom is 1.00 e. The summed E-state index contributed by atoms with van der Waals surface area (Å²) in [6, 6.07) is 0. The number of hydrogen-bond donors (Lipinski definition) is 0. The largest absolute Gasteiger partial charge is 1.00 e. The van der Waals surface area contributed by atoms with Crippen LogP contribution in [-0.2, 0) is 84.3 Å². The number of unbranched alkanes of at least 4 members (excludes halogenated alkanes) is 52. The zero-order valence-corrected chi connectivity index (χ0v) is 78.7. The first-order valence-corrected chi connectivity index (χ1v) is 48.3. The topological polar surface area (TPSA) is 259 Å². The number of phosphoric ester groups is 2. The van der Waals surface area contributed by atoms with Crippen molar-refractivity contribution < 1.29 is 153 Å². The molecule has 2 aliphatic heterocycles. The third-order valence-electron chi connectivity index (χ3n) is 20.5. The molecule has 0 saturated carbocycles. The van der Waals surface area contributed by atoms with E-state index in [-0.39, 0.29) is 131 Å². The molecule has 24 heteroatoms. The molecule has 0 amide bonds. The quantitative estimate of drug-likeness (QED) is 0.0180. The molecule has 0 aliphatic carbocycles. The number of rotatable bonds is 80. The summed E-state index contributed by atoms with van der Waals surface area (Å²) in [6.07, 6.45) is 66.6. The van der Waals surface area contributed by atoms with Crippen LogP contribution in [0.3, 0.4) is 0 Å². The molecular weight excluding hydrogens is 1470 g/mol. The van der Waals surface area contributed by atoms with Gasteiger partial charge >= 0.3 is 83.0 Å². The van der Waals surface area contributed by atoms with Crippen molar-refractivity contribution in [2.24, 2.45) is 0 Å². The third-order valence-corrected chi connectivity index (χ3v) is 22.4. The molecule has 0 N–H and O–H groups in total. The Morgan fingerprint density at radius 3 is 0.865 bits per heavy atom. The maximum atomic E-state index is 12.8. The van der Waals surface area contributed by atoms with E-state index in [4.69, 9.17) is 56.0 Å². The summed E-state index contributed by atoms with van der Waals surface area (Å²) in [5, 5.41) is 0. The fourth-order valence-corrected chi connectivity index (χ4v) is 15.2. The van der Waals surface area contributed by atoms with Gasteiger partial charge in [-0.05, 0) is 52.4 Å². The standard InChI is InChI=1S/C50H97O10P.C37H71O10P.2Na/c1-4-7-10-13-16-19-22-23-26-29-32-35-38-41-50-56-43-47(60-50)45-58-61(53,54)57-44-46(59-49(52)40-37-34-31-28-25-21-18-15-12-9-6-3)42-55-48(51)39-36-33-30-27-24-20-17-14-11-8-5-2;1-5-7-9-11-13-15-17-19-21-23-25-27-35(38)42-29-33(31-44-48(40,41)45-32-34-30-43-37(3,4)47-34)46-36(39)28-26-24-22-20-18-16-14-12-10-8-6-2;;/h46-47,50H,4-45H2,1-3H3,(H,53,54);33-34H,5-32H2,1-4H3,(H,40,41);;/q;;2*+1/p-2/t46-,47?,50?;33-,34?;;/m11../s1. The first-order valence-electron chi connectivity index (χ1n) is 45.3. The second-order valence-electron chi connectivity index (χ2n) is 31.8. The van der Waals surface area contributed by atoms with Crippen LogP contribution in [-0.4, -0.2) is 113 Å². The van der Waals surface area contributed by atoms with Crippen molar-refractivity contribution in [1.82, 2.24) is 0 Å². The number of esters is 4. The van der Waals surface area contributed by atoms with Gasteiger partial charge in [-0.25, -0.2) is 0 Å². The molecule has 0 aromatic rings. The molecule has 0 bridgehead atoms. The minimum Gasteiger partial charge on any atom is -0.756 e. The average molecular weight is 1640 g/mol. The zero-order chi connectivity index (χ0) is 79.7. The van der Waals surface area contributed by atoms with E-state index >= 15 is 0 Å². The molecule has 0 radical (unpaired) electrons. The van der Waals surface area contributed by atoms with E-state index in [0.717, 1.165) is 96.3 Å². The average Bonchev–Trinajstić information content (AvgIpc) is 1.76. The molecule has 2 saturated heterocycles. The van der Waals surface area contributed by atoms with Gasteiger partial charge in [-0.1, -0.05) is 369 Å². The second kappa shape index (κ2) is 81.0. The summed E-state index contributed by atoms with van der Waals surface area (Å²) in [6.45, 7) is 13.0. The van der Waals surface area contributed by atoms with E-state index in [1.807, 2.05) is 0 Å². The minimum absolute atomic E-state index is 0. The number of hydrogen-bond acceptors (Lipinski definition) is 20. The summed E-state index contributed by atoms with van der Waals surface area (Å²) >= 11 is 0. The van der Waals surface area contributed by atoms with E-state index < -0.39 is 82.9 Å². The molecule has 0 aromatic heterocycles. The van der Waals surface area contributed by atoms with Crippen molar-refractivity contribution in [2.45, 2.75) is 483 Å². The van der Waals surface area contributed by atoms with Crippen LogP contribution < -0.4 is 68.9 Å². The van der Waals surface area contributed by atoms with Crippen molar-refractivity contribution in [3.05, 3.63) is 0 Å². The Morgan fingerprint density at radius 1 is 0.342 bits per heavy atom. The monoisotopic (exact) mass is 1640 g/mol. The molecule has 2 fully saturated rings. The van der Waals surface area contributed by atoms with Crippen molar-refractivity contribution in [3.63, 3.8) is 0 Å². The van der Waals surface area contributed by atoms with Gasteiger partial charge in [0.1, 0.15) is 25.4 Å². The van der Waals surface area contributed by atoms with Crippen LogP contribution in [0, 0.1) is 0 Å². The number of ether oxygens (including phenoxy) is 8.